The Balaban J connectivity index is 1.94. The zero-order chi connectivity index (χ0) is 9.47. The van der Waals surface area contributed by atoms with Gasteiger partial charge in [0.05, 0.1) is 5.60 Å². The van der Waals surface area contributed by atoms with E-state index in [4.69, 9.17) is 5.73 Å². The Morgan fingerprint density at radius 2 is 1.77 bits per heavy atom. The highest BCUT2D eigenvalue weighted by Crippen LogP contribution is 2.42. The highest BCUT2D eigenvalue weighted by molar-refractivity contribution is 5.00. The van der Waals surface area contributed by atoms with Crippen LogP contribution in [0.15, 0.2) is 0 Å². The average molecular weight is 183 g/mol. The van der Waals surface area contributed by atoms with Crippen LogP contribution in [-0.2, 0) is 0 Å². The van der Waals surface area contributed by atoms with Gasteiger partial charge in [-0.1, -0.05) is 6.92 Å². The van der Waals surface area contributed by atoms with E-state index in [1.54, 1.807) is 0 Å². The fourth-order valence-corrected chi connectivity index (χ4v) is 2.49. The van der Waals surface area contributed by atoms with Gasteiger partial charge in [0.2, 0.25) is 0 Å². The van der Waals surface area contributed by atoms with Crippen molar-refractivity contribution >= 4 is 0 Å². The quantitative estimate of drug-likeness (QED) is 0.684. The first kappa shape index (κ1) is 9.47. The van der Waals surface area contributed by atoms with Crippen LogP contribution in [0.4, 0.5) is 0 Å². The lowest BCUT2D eigenvalue weighted by Gasteiger charge is -2.39. The molecule has 0 bridgehead atoms. The Bertz CT molecular complexity index is 181. The van der Waals surface area contributed by atoms with Crippen LogP contribution in [-0.4, -0.2) is 16.7 Å². The molecule has 2 aliphatic carbocycles. The maximum Gasteiger partial charge on any atom is 0.0800 e. The zero-order valence-electron chi connectivity index (χ0n) is 8.50. The highest BCUT2D eigenvalue weighted by Gasteiger charge is 2.44. The lowest BCUT2D eigenvalue weighted by molar-refractivity contribution is -0.0347. The van der Waals surface area contributed by atoms with E-state index in [0.29, 0.717) is 5.92 Å². The van der Waals surface area contributed by atoms with Gasteiger partial charge in [-0.25, -0.2) is 0 Å². The van der Waals surface area contributed by atoms with E-state index >= 15 is 0 Å². The van der Waals surface area contributed by atoms with Gasteiger partial charge >= 0.3 is 0 Å². The molecule has 0 spiro atoms. The summed E-state index contributed by atoms with van der Waals surface area (Å²) in [5.41, 5.74) is 5.56. The Morgan fingerprint density at radius 3 is 2.23 bits per heavy atom. The van der Waals surface area contributed by atoms with Crippen LogP contribution in [0.25, 0.3) is 0 Å². The van der Waals surface area contributed by atoms with Crippen molar-refractivity contribution < 1.29 is 5.11 Å². The second kappa shape index (κ2) is 3.25. The maximum atomic E-state index is 10.3. The van der Waals surface area contributed by atoms with Crippen LogP contribution < -0.4 is 5.73 Å². The van der Waals surface area contributed by atoms with Gasteiger partial charge in [-0.3, -0.25) is 0 Å². The van der Waals surface area contributed by atoms with Crippen LogP contribution in [0.5, 0.6) is 0 Å². The second-order valence-electron chi connectivity index (χ2n) is 5.15. The van der Waals surface area contributed by atoms with Crippen molar-refractivity contribution in [3.63, 3.8) is 0 Å². The first-order chi connectivity index (χ1) is 6.12. The number of rotatable bonds is 2. The van der Waals surface area contributed by atoms with Gasteiger partial charge < -0.3 is 10.8 Å². The standard InChI is InChI=1S/C11H21NO/c1-8-4-6-11(13,7-5-8)10(12)9-2-3-9/h8-10,13H,2-7,12H2,1H3. The van der Waals surface area contributed by atoms with Gasteiger partial charge in [-0.2, -0.15) is 0 Å². The van der Waals surface area contributed by atoms with Crippen molar-refractivity contribution in [2.45, 2.75) is 57.1 Å². The minimum atomic E-state index is -0.520. The summed E-state index contributed by atoms with van der Waals surface area (Å²) in [6.45, 7) is 2.27. The third-order valence-corrected chi connectivity index (χ3v) is 3.89. The minimum absolute atomic E-state index is 0.0556. The van der Waals surface area contributed by atoms with Gasteiger partial charge in [0.25, 0.3) is 0 Å². The third-order valence-electron chi connectivity index (χ3n) is 3.89. The molecule has 0 aromatic heterocycles. The van der Waals surface area contributed by atoms with Crippen molar-refractivity contribution in [1.82, 2.24) is 0 Å². The van der Waals surface area contributed by atoms with E-state index in [9.17, 15) is 5.11 Å². The number of nitrogens with two attached hydrogens (primary N) is 1. The van der Waals surface area contributed by atoms with Crippen LogP contribution in [0.3, 0.4) is 0 Å². The molecule has 0 radical (unpaired) electrons. The molecule has 13 heavy (non-hydrogen) atoms. The molecular formula is C11H21NO. The normalized spacial score (nSPS) is 43.2. The van der Waals surface area contributed by atoms with Crippen LogP contribution in [0.2, 0.25) is 0 Å². The van der Waals surface area contributed by atoms with Crippen LogP contribution in [0, 0.1) is 11.8 Å². The number of hydrogen-bond acceptors (Lipinski definition) is 2. The van der Waals surface area contributed by atoms with Gasteiger partial charge in [-0.05, 0) is 50.4 Å². The van der Waals surface area contributed by atoms with Crippen molar-refractivity contribution in [2.75, 3.05) is 0 Å². The molecule has 1 atom stereocenters. The molecule has 0 aromatic carbocycles. The summed E-state index contributed by atoms with van der Waals surface area (Å²) >= 11 is 0. The molecule has 0 aliphatic heterocycles. The van der Waals surface area contributed by atoms with E-state index in [1.807, 2.05) is 0 Å². The monoisotopic (exact) mass is 183 g/mol. The molecule has 0 amide bonds. The Hall–Kier alpha value is -0.0800. The number of hydrogen-bond donors (Lipinski definition) is 2. The summed E-state index contributed by atoms with van der Waals surface area (Å²) in [4.78, 5) is 0. The molecule has 0 saturated heterocycles. The molecule has 3 N–H and O–H groups in total. The summed E-state index contributed by atoms with van der Waals surface area (Å²) in [5, 5.41) is 10.3. The first-order valence-electron chi connectivity index (χ1n) is 5.60. The SMILES string of the molecule is CC1CCC(O)(C(N)C2CC2)CC1. The van der Waals surface area contributed by atoms with E-state index in [0.717, 1.165) is 31.6 Å². The molecule has 2 rings (SSSR count). The summed E-state index contributed by atoms with van der Waals surface area (Å²) in [5.74, 6) is 1.41. The Kier molecular flexibility index (Phi) is 2.37. The summed E-state index contributed by atoms with van der Waals surface area (Å²) in [6, 6.07) is 0.0556. The van der Waals surface area contributed by atoms with Crippen LogP contribution >= 0.6 is 0 Å². The van der Waals surface area contributed by atoms with Gasteiger partial charge in [0, 0.05) is 6.04 Å². The smallest absolute Gasteiger partial charge is 0.0800 e. The van der Waals surface area contributed by atoms with Crippen molar-refractivity contribution in [2.24, 2.45) is 17.6 Å². The molecule has 2 nitrogen and oxygen atoms in total. The van der Waals surface area contributed by atoms with E-state index in [2.05, 4.69) is 6.92 Å². The highest BCUT2D eigenvalue weighted by atomic mass is 16.3. The molecular weight excluding hydrogens is 162 g/mol. The van der Waals surface area contributed by atoms with E-state index in [-0.39, 0.29) is 6.04 Å². The molecule has 0 aromatic rings. The fourth-order valence-electron chi connectivity index (χ4n) is 2.49. The summed E-state index contributed by atoms with van der Waals surface area (Å²) in [7, 11) is 0. The van der Waals surface area contributed by atoms with Crippen molar-refractivity contribution in [3.8, 4) is 0 Å². The fraction of sp³-hybridized carbons (Fsp3) is 1.00. The lowest BCUT2D eigenvalue weighted by atomic mass is 9.74. The van der Waals surface area contributed by atoms with Gasteiger partial charge in [0.15, 0.2) is 0 Å². The van der Waals surface area contributed by atoms with E-state index in [1.165, 1.54) is 12.8 Å². The van der Waals surface area contributed by atoms with Crippen molar-refractivity contribution in [1.29, 1.82) is 0 Å². The molecule has 2 heteroatoms. The van der Waals surface area contributed by atoms with Gasteiger partial charge in [0.1, 0.15) is 0 Å². The predicted octanol–water partition coefficient (Wildman–Crippen LogP) is 1.66. The van der Waals surface area contributed by atoms with Crippen molar-refractivity contribution in [3.05, 3.63) is 0 Å². The number of aliphatic hydroxyl groups is 1. The topological polar surface area (TPSA) is 46.2 Å². The minimum Gasteiger partial charge on any atom is -0.388 e. The molecule has 1 unspecified atom stereocenters. The maximum absolute atomic E-state index is 10.3. The molecule has 2 aliphatic rings. The third kappa shape index (κ3) is 1.89. The molecule has 76 valence electrons. The van der Waals surface area contributed by atoms with Crippen LogP contribution in [0.1, 0.15) is 45.4 Å². The molecule has 2 fully saturated rings. The molecule has 0 heterocycles. The summed E-state index contributed by atoms with van der Waals surface area (Å²) in [6.07, 6.45) is 6.61. The molecule has 2 saturated carbocycles. The largest absolute Gasteiger partial charge is 0.388 e. The zero-order valence-corrected chi connectivity index (χ0v) is 8.50. The van der Waals surface area contributed by atoms with Gasteiger partial charge in [-0.15, -0.1) is 0 Å². The summed E-state index contributed by atoms with van der Waals surface area (Å²) < 4.78 is 0. The average Bonchev–Trinajstić information content (AvgIpc) is 2.92. The lowest BCUT2D eigenvalue weighted by Crippen LogP contribution is -2.51. The predicted molar refractivity (Wildman–Crippen MR) is 53.3 cm³/mol. The Morgan fingerprint density at radius 1 is 1.23 bits per heavy atom. The second-order valence-corrected chi connectivity index (χ2v) is 5.15. The Labute approximate surface area is 80.5 Å². The van der Waals surface area contributed by atoms with E-state index < -0.39 is 5.60 Å². The first-order valence-corrected chi connectivity index (χ1v) is 5.60.